The van der Waals surface area contributed by atoms with Crippen LogP contribution in [0, 0.1) is 11.8 Å². The highest BCUT2D eigenvalue weighted by Crippen LogP contribution is 2.66. The molecule has 1 aromatic carbocycles. The van der Waals surface area contributed by atoms with Crippen LogP contribution in [-0.2, 0) is 16.6 Å². The Morgan fingerprint density at radius 2 is 2.08 bits per heavy atom. The normalized spacial score (nSPS) is 39.9. The van der Waals surface area contributed by atoms with Crippen LogP contribution in [0.4, 0.5) is 0 Å². The quantitative estimate of drug-likeness (QED) is 0.670. The zero-order valence-electron chi connectivity index (χ0n) is 20.7. The van der Waals surface area contributed by atoms with Crippen molar-refractivity contribution < 1.29 is 24.2 Å². The van der Waals surface area contributed by atoms with Gasteiger partial charge in [-0.1, -0.05) is 6.07 Å². The molecule has 2 bridgehead atoms. The van der Waals surface area contributed by atoms with E-state index in [0.717, 1.165) is 49.4 Å². The minimum atomic E-state index is -0.920. The van der Waals surface area contributed by atoms with Gasteiger partial charge in [0.25, 0.3) is 0 Å². The highest BCUT2D eigenvalue weighted by atomic mass is 16.5. The first-order chi connectivity index (χ1) is 17.4. The summed E-state index contributed by atoms with van der Waals surface area (Å²) in [5.41, 5.74) is 1.79. The van der Waals surface area contributed by atoms with Gasteiger partial charge in [-0.15, -0.1) is 0 Å². The molecule has 0 radical (unpaired) electrons. The third-order valence-electron chi connectivity index (χ3n) is 10.7. The number of rotatable bonds is 5. The first-order valence-corrected chi connectivity index (χ1v) is 13.7. The molecular weight excluding hydrogens is 456 g/mol. The van der Waals surface area contributed by atoms with Crippen molar-refractivity contribution in [2.45, 2.75) is 80.1 Å². The van der Waals surface area contributed by atoms with Crippen LogP contribution in [0.15, 0.2) is 35.1 Å². The van der Waals surface area contributed by atoms with E-state index < -0.39 is 11.0 Å². The van der Waals surface area contributed by atoms with Crippen molar-refractivity contribution in [3.8, 4) is 11.5 Å². The number of piperidine rings is 1. The van der Waals surface area contributed by atoms with Crippen LogP contribution >= 0.6 is 0 Å². The molecule has 190 valence electrons. The maximum atomic E-state index is 13.7. The van der Waals surface area contributed by atoms with E-state index in [0.29, 0.717) is 18.6 Å². The van der Waals surface area contributed by atoms with Crippen LogP contribution in [-0.4, -0.2) is 69.8 Å². The summed E-state index contributed by atoms with van der Waals surface area (Å²) in [6.45, 7) is 1.99. The number of phenols is 1. The number of furan rings is 1. The largest absolute Gasteiger partial charge is 0.504 e. The van der Waals surface area contributed by atoms with E-state index in [1.807, 2.05) is 24.1 Å². The minimum absolute atomic E-state index is 0.0295. The number of likely N-dealkylation sites (N-methyl/N-ethyl adjacent to an activating group) is 1. The number of amides is 1. The molecule has 1 saturated heterocycles. The Morgan fingerprint density at radius 1 is 1.22 bits per heavy atom. The molecule has 7 nitrogen and oxygen atoms in total. The summed E-state index contributed by atoms with van der Waals surface area (Å²) in [6, 6.07) is 5.65. The van der Waals surface area contributed by atoms with Gasteiger partial charge in [-0.25, -0.2) is 0 Å². The molecule has 7 atom stereocenters. The Bertz CT molecular complexity index is 1240. The predicted octanol–water partition coefficient (Wildman–Crippen LogP) is 3.18. The molecule has 7 heteroatoms. The maximum Gasteiger partial charge on any atom is 0.226 e. The fourth-order valence-corrected chi connectivity index (χ4v) is 8.60. The lowest BCUT2D eigenvalue weighted by atomic mass is 9.48. The summed E-state index contributed by atoms with van der Waals surface area (Å²) in [6.07, 6.45) is 9.42. The monoisotopic (exact) mass is 490 g/mol. The van der Waals surface area contributed by atoms with Gasteiger partial charge < -0.3 is 24.3 Å². The standard InChI is InChI=1S/C29H34N2O5/c1-30(27(33)20-13-19(20)18-7-11-35-15-18)21-6-8-29(34)23-12-17-4-5-22(32)25-24(17)28(29,26(21)36-25)9-10-31(23)14-16-2-3-16/h4-5,7,11,15-16,19-21,23,26,32,34H,2-3,6,8-10,12-14H2,1H3/t19?,20?,21-,23+,26-,28-,29+/m0/s1. The van der Waals surface area contributed by atoms with Gasteiger partial charge in [0, 0.05) is 31.1 Å². The van der Waals surface area contributed by atoms with Crippen LogP contribution < -0.4 is 4.74 Å². The van der Waals surface area contributed by atoms with Gasteiger partial charge in [-0.3, -0.25) is 9.69 Å². The van der Waals surface area contributed by atoms with Gasteiger partial charge >= 0.3 is 0 Å². The van der Waals surface area contributed by atoms with Crippen molar-refractivity contribution in [1.82, 2.24) is 9.80 Å². The molecule has 3 heterocycles. The number of aromatic hydroxyl groups is 1. The van der Waals surface area contributed by atoms with E-state index in [2.05, 4.69) is 4.90 Å². The zero-order chi connectivity index (χ0) is 24.4. The van der Waals surface area contributed by atoms with Gasteiger partial charge in [0.15, 0.2) is 11.5 Å². The number of aliphatic hydroxyl groups is 1. The van der Waals surface area contributed by atoms with E-state index >= 15 is 0 Å². The third kappa shape index (κ3) is 2.63. The Balaban J connectivity index is 1.17. The first-order valence-electron chi connectivity index (χ1n) is 13.7. The summed E-state index contributed by atoms with van der Waals surface area (Å²) in [5, 5.41) is 23.5. The van der Waals surface area contributed by atoms with Crippen LogP contribution in [0.3, 0.4) is 0 Å². The van der Waals surface area contributed by atoms with Gasteiger partial charge in [0.2, 0.25) is 5.91 Å². The average Bonchev–Trinajstić information content (AvgIpc) is 3.76. The zero-order valence-corrected chi connectivity index (χ0v) is 20.7. The smallest absolute Gasteiger partial charge is 0.226 e. The van der Waals surface area contributed by atoms with Crippen molar-refractivity contribution in [2.24, 2.45) is 11.8 Å². The second-order valence-corrected chi connectivity index (χ2v) is 12.4. The fourth-order valence-electron chi connectivity index (χ4n) is 8.60. The lowest BCUT2D eigenvalue weighted by Crippen LogP contribution is -2.78. The highest BCUT2D eigenvalue weighted by Gasteiger charge is 2.73. The molecule has 2 N–H and O–H groups in total. The third-order valence-corrected chi connectivity index (χ3v) is 10.7. The van der Waals surface area contributed by atoms with Crippen LogP contribution in [0.25, 0.3) is 0 Å². The number of nitrogens with zero attached hydrogens (tertiary/aromatic N) is 2. The van der Waals surface area contributed by atoms with Crippen LogP contribution in [0.2, 0.25) is 0 Å². The van der Waals surface area contributed by atoms with E-state index in [-0.39, 0.29) is 41.7 Å². The molecule has 1 spiro atoms. The topological polar surface area (TPSA) is 86.4 Å². The second kappa shape index (κ2) is 7.07. The molecule has 1 amide bonds. The SMILES string of the molecule is CN(C(=O)C1CC1c1ccoc1)[C@H]1CC[C@@]2(O)[C@H]3Cc4ccc(O)c5c4[C@@]2(CCN3CC2CC2)[C@H]1O5. The van der Waals surface area contributed by atoms with Gasteiger partial charge in [-0.2, -0.15) is 0 Å². The second-order valence-electron chi connectivity index (χ2n) is 12.4. The fraction of sp³-hybridized carbons (Fsp3) is 0.621. The van der Waals surface area contributed by atoms with Gasteiger partial charge in [0.1, 0.15) is 6.10 Å². The minimum Gasteiger partial charge on any atom is -0.504 e. The molecule has 1 aromatic heterocycles. The van der Waals surface area contributed by atoms with E-state index in [1.165, 1.54) is 18.4 Å². The van der Waals surface area contributed by atoms with Crippen molar-refractivity contribution in [3.05, 3.63) is 47.4 Å². The van der Waals surface area contributed by atoms with Crippen LogP contribution in [0.1, 0.15) is 61.1 Å². The summed E-state index contributed by atoms with van der Waals surface area (Å²) >= 11 is 0. The summed E-state index contributed by atoms with van der Waals surface area (Å²) in [5.74, 6) is 1.79. The number of likely N-dealkylation sites (tertiary alicyclic amines) is 1. The Labute approximate surface area is 211 Å². The summed E-state index contributed by atoms with van der Waals surface area (Å²) in [7, 11) is 1.91. The van der Waals surface area contributed by atoms with E-state index in [1.54, 1.807) is 18.6 Å². The van der Waals surface area contributed by atoms with Crippen LogP contribution in [0.5, 0.6) is 11.5 Å². The number of ether oxygens (including phenoxy) is 1. The number of carbonyl (C=O) groups excluding carboxylic acids is 1. The van der Waals surface area contributed by atoms with E-state index in [9.17, 15) is 15.0 Å². The number of benzene rings is 1. The van der Waals surface area contributed by atoms with Crippen molar-refractivity contribution in [1.29, 1.82) is 0 Å². The Morgan fingerprint density at radius 3 is 2.86 bits per heavy atom. The number of phenolic OH excluding ortho intramolecular Hbond substituents is 1. The molecular formula is C29H34N2O5. The first kappa shape index (κ1) is 21.6. The lowest BCUT2D eigenvalue weighted by Gasteiger charge is -2.64. The molecule has 2 aliphatic heterocycles. The molecule has 4 aliphatic carbocycles. The molecule has 8 rings (SSSR count). The van der Waals surface area contributed by atoms with Crippen molar-refractivity contribution in [2.75, 3.05) is 20.1 Å². The molecule has 4 fully saturated rings. The number of hydrogen-bond acceptors (Lipinski definition) is 6. The molecule has 2 aromatic rings. The van der Waals surface area contributed by atoms with Gasteiger partial charge in [-0.05, 0) is 86.6 Å². The summed E-state index contributed by atoms with van der Waals surface area (Å²) < 4.78 is 11.9. The summed E-state index contributed by atoms with van der Waals surface area (Å²) in [4.78, 5) is 18.1. The molecule has 6 aliphatic rings. The average molecular weight is 491 g/mol. The Kier molecular flexibility index (Phi) is 4.24. The van der Waals surface area contributed by atoms with Crippen molar-refractivity contribution in [3.63, 3.8) is 0 Å². The number of hydrogen-bond donors (Lipinski definition) is 2. The van der Waals surface area contributed by atoms with E-state index in [4.69, 9.17) is 9.15 Å². The maximum absolute atomic E-state index is 13.7. The lowest BCUT2D eigenvalue weighted by molar-refractivity contribution is -0.200. The number of carbonyl (C=O) groups is 1. The van der Waals surface area contributed by atoms with Gasteiger partial charge in [0.05, 0.1) is 29.6 Å². The van der Waals surface area contributed by atoms with Crippen molar-refractivity contribution >= 4 is 5.91 Å². The molecule has 3 saturated carbocycles. The molecule has 36 heavy (non-hydrogen) atoms. The highest BCUT2D eigenvalue weighted by molar-refractivity contribution is 5.83. The predicted molar refractivity (Wildman–Crippen MR) is 131 cm³/mol. The Hall–Kier alpha value is -2.51. The molecule has 2 unspecified atom stereocenters.